The van der Waals surface area contributed by atoms with Crippen LogP contribution in [0.4, 0.5) is 8.78 Å². The van der Waals surface area contributed by atoms with Crippen LogP contribution >= 0.6 is 11.8 Å². The van der Waals surface area contributed by atoms with Gasteiger partial charge in [0.25, 0.3) is 0 Å². The Morgan fingerprint density at radius 2 is 1.81 bits per heavy atom. The highest BCUT2D eigenvalue weighted by molar-refractivity contribution is 7.98. The van der Waals surface area contributed by atoms with E-state index in [1.165, 1.54) is 30.0 Å². The van der Waals surface area contributed by atoms with Gasteiger partial charge in [-0.25, -0.2) is 13.8 Å². The van der Waals surface area contributed by atoms with Gasteiger partial charge in [0, 0.05) is 17.9 Å². The molecule has 0 amide bonds. The van der Waals surface area contributed by atoms with Crippen LogP contribution in [0.1, 0.15) is 16.8 Å². The van der Waals surface area contributed by atoms with Gasteiger partial charge in [-0.3, -0.25) is 0 Å². The van der Waals surface area contributed by atoms with Crippen molar-refractivity contribution in [1.82, 2.24) is 9.55 Å². The number of nitrogens with zero attached hydrogens (tertiary/aromatic N) is 2. The monoisotopic (exact) mass is 376 g/mol. The highest BCUT2D eigenvalue weighted by atomic mass is 32.2. The molecule has 0 aliphatic carbocycles. The Morgan fingerprint density at radius 3 is 2.42 bits per heavy atom. The summed E-state index contributed by atoms with van der Waals surface area (Å²) in [4.78, 5) is 4.29. The molecule has 1 heterocycles. The van der Waals surface area contributed by atoms with E-state index < -0.39 is 11.6 Å². The average Bonchev–Trinajstić information content (AvgIpc) is 3.03. The van der Waals surface area contributed by atoms with E-state index in [0.29, 0.717) is 17.4 Å². The Kier molecular flexibility index (Phi) is 5.90. The van der Waals surface area contributed by atoms with Crippen LogP contribution in [0.25, 0.3) is 0 Å². The van der Waals surface area contributed by atoms with Crippen molar-refractivity contribution in [3.8, 4) is 5.75 Å². The third-order valence-corrected chi connectivity index (χ3v) is 4.99. The van der Waals surface area contributed by atoms with Crippen molar-refractivity contribution in [3.63, 3.8) is 0 Å². The van der Waals surface area contributed by atoms with Gasteiger partial charge in [-0.2, -0.15) is 0 Å². The highest BCUT2D eigenvalue weighted by Gasteiger charge is 2.14. The zero-order valence-corrected chi connectivity index (χ0v) is 15.0. The molecule has 2 aromatic carbocycles. The number of ether oxygens (including phenoxy) is 1. The lowest BCUT2D eigenvalue weighted by atomic mass is 10.2. The molecule has 0 saturated heterocycles. The van der Waals surface area contributed by atoms with E-state index in [9.17, 15) is 13.9 Å². The maximum atomic E-state index is 13.8. The molecule has 1 N–H and O–H groups in total. The molecule has 0 bridgehead atoms. The topological polar surface area (TPSA) is 47.3 Å². The fourth-order valence-corrected chi connectivity index (χ4v) is 3.54. The van der Waals surface area contributed by atoms with Gasteiger partial charge in [0.15, 0.2) is 5.16 Å². The second-order valence-corrected chi connectivity index (χ2v) is 6.56. The zero-order chi connectivity index (χ0) is 18.5. The van der Waals surface area contributed by atoms with Gasteiger partial charge >= 0.3 is 0 Å². The quantitative estimate of drug-likeness (QED) is 0.633. The summed E-state index contributed by atoms with van der Waals surface area (Å²) in [6, 6.07) is 11.4. The van der Waals surface area contributed by atoms with E-state index >= 15 is 0 Å². The third kappa shape index (κ3) is 4.05. The van der Waals surface area contributed by atoms with E-state index in [1.54, 1.807) is 13.3 Å². The van der Waals surface area contributed by atoms with Gasteiger partial charge in [-0.1, -0.05) is 30.0 Å². The summed E-state index contributed by atoms with van der Waals surface area (Å²) in [5, 5.41) is 10.1. The molecule has 26 heavy (non-hydrogen) atoms. The lowest BCUT2D eigenvalue weighted by Crippen LogP contribution is -2.06. The highest BCUT2D eigenvalue weighted by Crippen LogP contribution is 2.27. The number of hydrogen-bond acceptors (Lipinski definition) is 4. The van der Waals surface area contributed by atoms with Crippen molar-refractivity contribution in [2.24, 2.45) is 0 Å². The molecule has 0 saturated carbocycles. The summed E-state index contributed by atoms with van der Waals surface area (Å²) < 4.78 is 34.6. The minimum absolute atomic E-state index is 0.0158. The molecular weight excluding hydrogens is 358 g/mol. The van der Waals surface area contributed by atoms with Crippen LogP contribution in [0.3, 0.4) is 0 Å². The Labute approximate surface area is 154 Å². The number of aromatic nitrogens is 2. The minimum atomic E-state index is -0.576. The summed E-state index contributed by atoms with van der Waals surface area (Å²) in [7, 11) is 1.60. The van der Waals surface area contributed by atoms with Crippen LogP contribution in [-0.4, -0.2) is 21.8 Å². The smallest absolute Gasteiger partial charge is 0.168 e. The van der Waals surface area contributed by atoms with Crippen LogP contribution in [0.2, 0.25) is 0 Å². The van der Waals surface area contributed by atoms with Crippen LogP contribution in [-0.2, 0) is 18.9 Å². The summed E-state index contributed by atoms with van der Waals surface area (Å²) in [6.45, 7) is 0.319. The number of aliphatic hydroxyl groups excluding tert-OH is 1. The van der Waals surface area contributed by atoms with E-state index in [4.69, 9.17) is 4.74 Å². The molecule has 0 spiro atoms. The van der Waals surface area contributed by atoms with Crippen LogP contribution in [0, 0.1) is 11.6 Å². The van der Waals surface area contributed by atoms with Crippen molar-refractivity contribution in [3.05, 3.63) is 77.1 Å². The number of benzene rings is 2. The first-order chi connectivity index (χ1) is 12.6. The largest absolute Gasteiger partial charge is 0.497 e. The number of rotatable bonds is 7. The number of imidazole rings is 1. The van der Waals surface area contributed by atoms with Crippen molar-refractivity contribution >= 4 is 11.8 Å². The molecule has 4 nitrogen and oxygen atoms in total. The lowest BCUT2D eigenvalue weighted by Gasteiger charge is -2.12. The molecule has 3 rings (SSSR count). The van der Waals surface area contributed by atoms with E-state index in [1.807, 2.05) is 28.8 Å². The van der Waals surface area contributed by atoms with Crippen LogP contribution in [0.15, 0.2) is 53.8 Å². The maximum absolute atomic E-state index is 13.8. The second kappa shape index (κ2) is 8.33. The predicted molar refractivity (Wildman–Crippen MR) is 96.2 cm³/mol. The standard InChI is InChI=1S/C19H18F2N2O2S/c1-25-15-7-5-13(6-8-15)10-23-14(11-24)9-22-19(23)26-12-16-17(20)3-2-4-18(16)21/h2-9,24H,10-12H2,1H3. The van der Waals surface area contributed by atoms with Gasteiger partial charge in [-0.05, 0) is 29.8 Å². The summed E-state index contributed by atoms with van der Waals surface area (Å²) in [5.41, 5.74) is 1.65. The molecule has 136 valence electrons. The Morgan fingerprint density at radius 1 is 1.12 bits per heavy atom. The SMILES string of the molecule is COc1ccc(Cn2c(CO)cnc2SCc2c(F)cccc2F)cc1. The Bertz CT molecular complexity index is 861. The molecule has 7 heteroatoms. The number of hydrogen-bond donors (Lipinski definition) is 1. The average molecular weight is 376 g/mol. The third-order valence-electron chi connectivity index (χ3n) is 3.97. The van der Waals surface area contributed by atoms with Crippen LogP contribution in [0.5, 0.6) is 5.75 Å². The number of methoxy groups -OCH3 is 1. The van der Waals surface area contributed by atoms with E-state index in [2.05, 4.69) is 4.98 Å². The molecule has 0 radical (unpaired) electrons. The summed E-state index contributed by atoms with van der Waals surface area (Å²) in [5.74, 6) is -0.282. The van der Waals surface area contributed by atoms with Crippen molar-refractivity contribution in [2.45, 2.75) is 24.1 Å². The first-order valence-corrected chi connectivity index (χ1v) is 8.94. The molecule has 0 aliphatic heterocycles. The van der Waals surface area contributed by atoms with Crippen molar-refractivity contribution in [1.29, 1.82) is 0 Å². The number of halogens is 2. The summed E-state index contributed by atoms with van der Waals surface area (Å²) in [6.07, 6.45) is 1.57. The fraction of sp³-hybridized carbons (Fsp3) is 0.211. The van der Waals surface area contributed by atoms with Crippen molar-refractivity contribution < 1.29 is 18.6 Å². The Hall–Kier alpha value is -2.38. The molecule has 0 aliphatic rings. The van der Waals surface area contributed by atoms with E-state index in [-0.39, 0.29) is 17.9 Å². The maximum Gasteiger partial charge on any atom is 0.168 e. The molecule has 0 fully saturated rings. The number of aliphatic hydroxyl groups is 1. The molecule has 0 atom stereocenters. The first kappa shape index (κ1) is 18.4. The molecule has 0 unspecified atom stereocenters. The second-order valence-electron chi connectivity index (χ2n) is 5.61. The lowest BCUT2D eigenvalue weighted by molar-refractivity contribution is 0.270. The molecule has 3 aromatic rings. The molecule has 1 aromatic heterocycles. The molecular formula is C19H18F2N2O2S. The van der Waals surface area contributed by atoms with Gasteiger partial charge in [0.05, 0.1) is 25.6 Å². The summed E-state index contributed by atoms with van der Waals surface area (Å²) >= 11 is 1.23. The number of thioether (sulfide) groups is 1. The first-order valence-electron chi connectivity index (χ1n) is 7.96. The van der Waals surface area contributed by atoms with Gasteiger partial charge in [0.2, 0.25) is 0 Å². The van der Waals surface area contributed by atoms with Crippen molar-refractivity contribution in [2.75, 3.05) is 7.11 Å². The predicted octanol–water partition coefficient (Wildman–Crippen LogP) is 4.00. The van der Waals surface area contributed by atoms with Gasteiger partial charge in [-0.15, -0.1) is 0 Å². The normalized spacial score (nSPS) is 10.9. The fourth-order valence-electron chi connectivity index (χ4n) is 2.52. The zero-order valence-electron chi connectivity index (χ0n) is 14.2. The minimum Gasteiger partial charge on any atom is -0.497 e. The van der Waals surface area contributed by atoms with Crippen LogP contribution < -0.4 is 4.74 Å². The Balaban J connectivity index is 1.80. The van der Waals surface area contributed by atoms with Gasteiger partial charge in [0.1, 0.15) is 17.4 Å². The van der Waals surface area contributed by atoms with E-state index in [0.717, 1.165) is 11.3 Å². The van der Waals surface area contributed by atoms with Gasteiger partial charge < -0.3 is 14.4 Å².